The molecule has 1 aromatic heterocycles. The Labute approximate surface area is 107 Å². The first-order valence-electron chi connectivity index (χ1n) is 5.30. The largest absolute Gasteiger partial charge is 0.478 e. The number of nitrogens with one attached hydrogen (secondary N) is 1. The summed E-state index contributed by atoms with van der Waals surface area (Å²) in [6, 6.07) is 3.55. The van der Waals surface area contributed by atoms with E-state index in [1.807, 2.05) is 0 Å². The molecule has 19 heavy (non-hydrogen) atoms. The molecule has 0 bridgehead atoms. The van der Waals surface area contributed by atoms with Crippen LogP contribution in [0.5, 0.6) is 0 Å². The molecule has 0 aliphatic carbocycles. The molecule has 98 valence electrons. The number of halogens is 1. The fraction of sp³-hybridized carbons (Fsp3) is 0.0833. The van der Waals surface area contributed by atoms with E-state index in [2.05, 4.69) is 10.3 Å². The number of carbonyl (C=O) groups is 2. The lowest BCUT2D eigenvalue weighted by atomic mass is 10.1. The van der Waals surface area contributed by atoms with E-state index in [1.54, 1.807) is 7.05 Å². The molecule has 2 N–H and O–H groups in total. The maximum Gasteiger partial charge on any atom is 0.337 e. The zero-order valence-electron chi connectivity index (χ0n) is 9.92. The minimum atomic E-state index is -1.32. The van der Waals surface area contributed by atoms with Crippen molar-refractivity contribution in [3.63, 3.8) is 0 Å². The van der Waals surface area contributed by atoms with Gasteiger partial charge in [-0.1, -0.05) is 6.07 Å². The number of aryl methyl sites for hydroxylation is 1. The first kappa shape index (κ1) is 12.7. The summed E-state index contributed by atoms with van der Waals surface area (Å²) >= 11 is 0. The smallest absolute Gasteiger partial charge is 0.337 e. The number of nitrogens with zero attached hydrogens (tertiary/aromatic N) is 2. The fourth-order valence-corrected chi connectivity index (χ4v) is 1.58. The summed E-state index contributed by atoms with van der Waals surface area (Å²) < 4.78 is 15.1. The van der Waals surface area contributed by atoms with E-state index in [1.165, 1.54) is 29.2 Å². The van der Waals surface area contributed by atoms with Gasteiger partial charge in [0.2, 0.25) is 0 Å². The van der Waals surface area contributed by atoms with Crippen molar-refractivity contribution in [2.45, 2.75) is 0 Å². The minimum Gasteiger partial charge on any atom is -0.478 e. The summed E-state index contributed by atoms with van der Waals surface area (Å²) in [5.74, 6) is -2.76. The standard InChI is InChI=1S/C12H10FN3O3/c1-16-6-14-5-9(16)11(17)15-10-7(12(18)19)3-2-4-8(10)13/h2-6H,1H3,(H,15,17)(H,18,19). The van der Waals surface area contributed by atoms with E-state index in [0.717, 1.165) is 6.07 Å². The molecular weight excluding hydrogens is 253 g/mol. The van der Waals surface area contributed by atoms with Crippen molar-refractivity contribution in [3.05, 3.63) is 47.8 Å². The summed E-state index contributed by atoms with van der Waals surface area (Å²) in [6.07, 6.45) is 2.71. The maximum atomic E-state index is 13.6. The summed E-state index contributed by atoms with van der Waals surface area (Å²) in [5.41, 5.74) is -0.476. The predicted molar refractivity (Wildman–Crippen MR) is 64.5 cm³/mol. The second-order valence-corrected chi connectivity index (χ2v) is 3.81. The number of hydrogen-bond acceptors (Lipinski definition) is 3. The summed E-state index contributed by atoms with van der Waals surface area (Å²) in [7, 11) is 1.60. The quantitative estimate of drug-likeness (QED) is 0.879. The van der Waals surface area contributed by atoms with Crippen LogP contribution in [-0.2, 0) is 7.05 Å². The Bertz CT molecular complexity index is 651. The molecule has 2 rings (SSSR count). The van der Waals surface area contributed by atoms with Crippen LogP contribution in [0.1, 0.15) is 20.8 Å². The molecular formula is C12H10FN3O3. The number of aromatic carboxylic acids is 1. The number of benzene rings is 1. The highest BCUT2D eigenvalue weighted by Gasteiger charge is 2.18. The number of para-hydroxylation sites is 1. The maximum absolute atomic E-state index is 13.6. The van der Waals surface area contributed by atoms with Crippen molar-refractivity contribution in [1.82, 2.24) is 9.55 Å². The van der Waals surface area contributed by atoms with Crippen LogP contribution in [-0.4, -0.2) is 26.5 Å². The van der Waals surface area contributed by atoms with E-state index in [9.17, 15) is 14.0 Å². The molecule has 0 fully saturated rings. The van der Waals surface area contributed by atoms with Crippen LogP contribution in [0.15, 0.2) is 30.7 Å². The van der Waals surface area contributed by atoms with Gasteiger partial charge in [-0.25, -0.2) is 14.2 Å². The molecule has 0 spiro atoms. The lowest BCUT2D eigenvalue weighted by Gasteiger charge is -2.09. The van der Waals surface area contributed by atoms with E-state index >= 15 is 0 Å². The van der Waals surface area contributed by atoms with Crippen molar-refractivity contribution >= 4 is 17.6 Å². The first-order valence-corrected chi connectivity index (χ1v) is 5.30. The van der Waals surface area contributed by atoms with Crippen LogP contribution < -0.4 is 5.32 Å². The molecule has 0 aliphatic heterocycles. The number of carboxylic acid groups (broad SMARTS) is 1. The van der Waals surface area contributed by atoms with E-state index in [4.69, 9.17) is 5.11 Å². The third-order valence-corrected chi connectivity index (χ3v) is 2.53. The third kappa shape index (κ3) is 2.44. The van der Waals surface area contributed by atoms with Gasteiger partial charge in [0.05, 0.1) is 23.8 Å². The number of amides is 1. The Balaban J connectivity index is 2.36. The van der Waals surface area contributed by atoms with Crippen molar-refractivity contribution < 1.29 is 19.1 Å². The van der Waals surface area contributed by atoms with E-state index in [0.29, 0.717) is 0 Å². The van der Waals surface area contributed by atoms with Crippen LogP contribution in [0.3, 0.4) is 0 Å². The molecule has 0 unspecified atom stereocenters. The van der Waals surface area contributed by atoms with E-state index in [-0.39, 0.29) is 16.9 Å². The molecule has 1 heterocycles. The number of anilines is 1. The normalized spacial score (nSPS) is 10.2. The highest BCUT2D eigenvalue weighted by Crippen LogP contribution is 2.20. The van der Waals surface area contributed by atoms with Crippen molar-refractivity contribution in [1.29, 1.82) is 0 Å². The predicted octanol–water partition coefficient (Wildman–Crippen LogP) is 1.51. The first-order chi connectivity index (χ1) is 9.00. The number of imidazole rings is 1. The van der Waals surface area contributed by atoms with Gasteiger partial charge in [-0.05, 0) is 12.1 Å². The Morgan fingerprint density at radius 3 is 2.74 bits per heavy atom. The number of aromatic nitrogens is 2. The molecule has 2 aromatic rings. The molecule has 0 atom stereocenters. The van der Waals surface area contributed by atoms with Crippen LogP contribution in [0.4, 0.5) is 10.1 Å². The van der Waals surface area contributed by atoms with Crippen LogP contribution in [0.2, 0.25) is 0 Å². The average molecular weight is 263 g/mol. The van der Waals surface area contributed by atoms with Crippen molar-refractivity contribution in [3.8, 4) is 0 Å². The van der Waals surface area contributed by atoms with Crippen LogP contribution >= 0.6 is 0 Å². The molecule has 0 aliphatic rings. The Morgan fingerprint density at radius 1 is 1.42 bits per heavy atom. The van der Waals surface area contributed by atoms with Gasteiger partial charge in [-0.15, -0.1) is 0 Å². The second-order valence-electron chi connectivity index (χ2n) is 3.81. The number of hydrogen-bond donors (Lipinski definition) is 2. The lowest BCUT2D eigenvalue weighted by molar-refractivity contribution is 0.0697. The highest BCUT2D eigenvalue weighted by molar-refractivity contribution is 6.06. The van der Waals surface area contributed by atoms with Gasteiger partial charge in [-0.2, -0.15) is 0 Å². The highest BCUT2D eigenvalue weighted by atomic mass is 19.1. The molecule has 1 amide bonds. The minimum absolute atomic E-state index is 0.194. The second kappa shape index (κ2) is 4.89. The number of carbonyl (C=O) groups excluding carboxylic acids is 1. The average Bonchev–Trinajstić information content (AvgIpc) is 2.77. The van der Waals surface area contributed by atoms with Crippen molar-refractivity contribution in [2.75, 3.05) is 5.32 Å². The van der Waals surface area contributed by atoms with Crippen molar-refractivity contribution in [2.24, 2.45) is 7.05 Å². The third-order valence-electron chi connectivity index (χ3n) is 2.53. The SMILES string of the molecule is Cn1cncc1C(=O)Nc1c(F)cccc1C(=O)O. The summed E-state index contributed by atoms with van der Waals surface area (Å²) in [6.45, 7) is 0. The summed E-state index contributed by atoms with van der Waals surface area (Å²) in [4.78, 5) is 26.6. The number of rotatable bonds is 3. The Hall–Kier alpha value is -2.70. The van der Waals surface area contributed by atoms with Gasteiger partial charge >= 0.3 is 5.97 Å². The van der Waals surface area contributed by atoms with Crippen LogP contribution in [0, 0.1) is 5.82 Å². The summed E-state index contributed by atoms with van der Waals surface area (Å²) in [5, 5.41) is 11.2. The monoisotopic (exact) mass is 263 g/mol. The fourth-order valence-electron chi connectivity index (χ4n) is 1.58. The topological polar surface area (TPSA) is 84.2 Å². The number of carboxylic acids is 1. The molecule has 7 heteroatoms. The van der Waals surface area contributed by atoms with Gasteiger partial charge in [-0.3, -0.25) is 4.79 Å². The Morgan fingerprint density at radius 2 is 2.16 bits per heavy atom. The molecule has 0 saturated heterocycles. The van der Waals surface area contributed by atoms with Gasteiger partial charge in [0.1, 0.15) is 11.5 Å². The lowest BCUT2D eigenvalue weighted by Crippen LogP contribution is -2.18. The molecule has 1 aromatic carbocycles. The molecule has 0 radical (unpaired) electrons. The van der Waals surface area contributed by atoms with Gasteiger partial charge in [0, 0.05) is 7.05 Å². The Kier molecular flexibility index (Phi) is 3.28. The van der Waals surface area contributed by atoms with E-state index < -0.39 is 17.7 Å². The molecule has 0 saturated carbocycles. The zero-order chi connectivity index (χ0) is 14.0. The van der Waals surface area contributed by atoms with Gasteiger partial charge < -0.3 is 15.0 Å². The molecule has 6 nitrogen and oxygen atoms in total. The van der Waals surface area contributed by atoms with Crippen LogP contribution in [0.25, 0.3) is 0 Å². The van der Waals surface area contributed by atoms with Gasteiger partial charge in [0.25, 0.3) is 5.91 Å². The zero-order valence-corrected chi connectivity index (χ0v) is 9.92. The van der Waals surface area contributed by atoms with Gasteiger partial charge in [0.15, 0.2) is 0 Å².